The maximum absolute atomic E-state index is 12.8. The SMILES string of the molecule is O=c1[nH]c(OC(F)(F)F)cc(F)c1C(F)F. The van der Waals surface area contributed by atoms with Crippen LogP contribution in [0.5, 0.6) is 5.88 Å². The number of nitrogens with one attached hydrogen (secondary N) is 1. The fraction of sp³-hybridized carbons (Fsp3) is 0.286. The average Bonchev–Trinajstić information content (AvgIpc) is 1.96. The van der Waals surface area contributed by atoms with Gasteiger partial charge in [0.25, 0.3) is 12.0 Å². The van der Waals surface area contributed by atoms with Gasteiger partial charge in [0.05, 0.1) is 0 Å². The Labute approximate surface area is 83.6 Å². The molecule has 1 rings (SSSR count). The average molecular weight is 247 g/mol. The first-order valence-electron chi connectivity index (χ1n) is 3.67. The summed E-state index contributed by atoms with van der Waals surface area (Å²) in [4.78, 5) is 12.1. The molecule has 0 aliphatic heterocycles. The van der Waals surface area contributed by atoms with Gasteiger partial charge >= 0.3 is 6.36 Å². The molecule has 0 spiro atoms. The summed E-state index contributed by atoms with van der Waals surface area (Å²) in [7, 11) is 0. The molecule has 0 saturated heterocycles. The van der Waals surface area contributed by atoms with E-state index in [-0.39, 0.29) is 6.07 Å². The van der Waals surface area contributed by atoms with Crippen LogP contribution in [0.15, 0.2) is 10.9 Å². The van der Waals surface area contributed by atoms with Crippen LogP contribution in [0.25, 0.3) is 0 Å². The van der Waals surface area contributed by atoms with E-state index in [1.807, 2.05) is 0 Å². The van der Waals surface area contributed by atoms with Crippen LogP contribution in [0.2, 0.25) is 0 Å². The monoisotopic (exact) mass is 247 g/mol. The fourth-order valence-corrected chi connectivity index (χ4v) is 0.900. The molecule has 0 amide bonds. The first-order valence-corrected chi connectivity index (χ1v) is 3.67. The minimum absolute atomic E-state index is 0.0242. The molecule has 0 radical (unpaired) electrons. The second-order valence-electron chi connectivity index (χ2n) is 2.57. The largest absolute Gasteiger partial charge is 0.574 e. The highest BCUT2D eigenvalue weighted by Gasteiger charge is 2.32. The van der Waals surface area contributed by atoms with Crippen LogP contribution in [0.3, 0.4) is 0 Å². The smallest absolute Gasteiger partial charge is 0.390 e. The van der Waals surface area contributed by atoms with Crippen molar-refractivity contribution in [2.45, 2.75) is 12.8 Å². The molecule has 0 aliphatic rings. The van der Waals surface area contributed by atoms with Crippen LogP contribution in [0.4, 0.5) is 26.3 Å². The summed E-state index contributed by atoms with van der Waals surface area (Å²) in [5, 5.41) is 0. The van der Waals surface area contributed by atoms with Crippen molar-refractivity contribution in [2.24, 2.45) is 0 Å². The molecule has 0 fully saturated rings. The molecule has 3 nitrogen and oxygen atoms in total. The van der Waals surface area contributed by atoms with Gasteiger partial charge in [0.2, 0.25) is 5.88 Å². The Bertz CT molecular complexity index is 437. The number of H-pyrrole nitrogens is 1. The van der Waals surface area contributed by atoms with Crippen LogP contribution in [0.1, 0.15) is 12.0 Å². The van der Waals surface area contributed by atoms with Crippen LogP contribution < -0.4 is 10.3 Å². The van der Waals surface area contributed by atoms with Crippen LogP contribution in [-0.4, -0.2) is 11.3 Å². The van der Waals surface area contributed by atoms with Crippen molar-refractivity contribution < 1.29 is 31.1 Å². The molecular weight excluding hydrogens is 244 g/mol. The summed E-state index contributed by atoms with van der Waals surface area (Å²) in [6.07, 6.45) is -8.58. The van der Waals surface area contributed by atoms with Gasteiger partial charge in [0, 0.05) is 6.07 Å². The summed E-state index contributed by atoms with van der Waals surface area (Å²) >= 11 is 0. The summed E-state index contributed by atoms with van der Waals surface area (Å²) in [6, 6.07) is 0.0242. The quantitative estimate of drug-likeness (QED) is 0.815. The first-order chi connectivity index (χ1) is 7.20. The molecule has 0 saturated carbocycles. The Morgan fingerprint density at radius 2 is 1.88 bits per heavy atom. The number of rotatable bonds is 2. The van der Waals surface area contributed by atoms with E-state index in [2.05, 4.69) is 4.74 Å². The Morgan fingerprint density at radius 3 is 2.25 bits per heavy atom. The van der Waals surface area contributed by atoms with Gasteiger partial charge in [-0.05, 0) is 0 Å². The second kappa shape index (κ2) is 4.06. The zero-order valence-corrected chi connectivity index (χ0v) is 7.24. The van der Waals surface area contributed by atoms with Crippen LogP contribution >= 0.6 is 0 Å². The maximum Gasteiger partial charge on any atom is 0.574 e. The normalized spacial score (nSPS) is 11.9. The predicted octanol–water partition coefficient (Wildman–Crippen LogP) is 2.35. The Balaban J connectivity index is 3.16. The Morgan fingerprint density at radius 1 is 1.31 bits per heavy atom. The third-order valence-electron chi connectivity index (χ3n) is 1.44. The fourth-order valence-electron chi connectivity index (χ4n) is 0.900. The predicted molar refractivity (Wildman–Crippen MR) is 38.7 cm³/mol. The number of halogens is 6. The van der Waals surface area contributed by atoms with Crippen molar-refractivity contribution in [3.63, 3.8) is 0 Å². The summed E-state index contributed by atoms with van der Waals surface area (Å²) in [5.41, 5.74) is -3.20. The molecule has 0 aromatic carbocycles. The zero-order chi connectivity index (χ0) is 12.5. The van der Waals surface area contributed by atoms with Gasteiger partial charge in [-0.2, -0.15) is 0 Å². The molecule has 1 aromatic rings. The van der Waals surface area contributed by atoms with Crippen LogP contribution in [-0.2, 0) is 0 Å². The third kappa shape index (κ3) is 2.91. The lowest BCUT2D eigenvalue weighted by molar-refractivity contribution is -0.276. The van der Waals surface area contributed by atoms with Crippen molar-refractivity contribution in [3.8, 4) is 5.88 Å². The highest BCUT2D eigenvalue weighted by molar-refractivity contribution is 5.21. The molecule has 16 heavy (non-hydrogen) atoms. The number of aromatic amines is 1. The van der Waals surface area contributed by atoms with Gasteiger partial charge in [0.15, 0.2) is 0 Å². The summed E-state index contributed by atoms with van der Waals surface area (Å²) < 4.78 is 75.0. The molecular formula is C7H3F6NO2. The minimum atomic E-state index is -5.15. The number of pyridine rings is 1. The molecule has 0 bridgehead atoms. The van der Waals surface area contributed by atoms with E-state index in [1.54, 1.807) is 0 Å². The van der Waals surface area contributed by atoms with Gasteiger partial charge in [-0.15, -0.1) is 13.2 Å². The second-order valence-corrected chi connectivity index (χ2v) is 2.57. The number of hydrogen-bond acceptors (Lipinski definition) is 2. The number of ether oxygens (including phenoxy) is 1. The third-order valence-corrected chi connectivity index (χ3v) is 1.44. The maximum atomic E-state index is 12.8. The van der Waals surface area contributed by atoms with Crippen molar-refractivity contribution >= 4 is 0 Å². The number of alkyl halides is 5. The Hall–Kier alpha value is -1.67. The van der Waals surface area contributed by atoms with Gasteiger partial charge in [-0.1, -0.05) is 0 Å². The molecule has 1 heterocycles. The van der Waals surface area contributed by atoms with Crippen molar-refractivity contribution in [1.29, 1.82) is 0 Å². The lowest BCUT2D eigenvalue weighted by Crippen LogP contribution is -2.22. The number of aromatic nitrogens is 1. The Kier molecular flexibility index (Phi) is 3.15. The van der Waals surface area contributed by atoms with E-state index in [0.29, 0.717) is 0 Å². The van der Waals surface area contributed by atoms with E-state index in [0.717, 1.165) is 0 Å². The van der Waals surface area contributed by atoms with Crippen molar-refractivity contribution in [3.05, 3.63) is 27.8 Å². The lowest BCUT2D eigenvalue weighted by Gasteiger charge is -2.09. The van der Waals surface area contributed by atoms with E-state index < -0.39 is 35.6 Å². The van der Waals surface area contributed by atoms with Crippen LogP contribution in [0, 0.1) is 5.82 Å². The highest BCUT2D eigenvalue weighted by Crippen LogP contribution is 2.23. The first kappa shape index (κ1) is 12.4. The van der Waals surface area contributed by atoms with Gasteiger partial charge < -0.3 is 4.74 Å². The standard InChI is InChI=1S/C7H3F6NO2/c8-2-1-3(16-7(11,12)13)14-6(15)4(2)5(9)10/h1,5H,(H,14,15). The summed E-state index contributed by atoms with van der Waals surface area (Å²) in [5.74, 6) is -3.06. The van der Waals surface area contributed by atoms with Crippen molar-refractivity contribution in [2.75, 3.05) is 0 Å². The van der Waals surface area contributed by atoms with Gasteiger partial charge in [0.1, 0.15) is 11.4 Å². The molecule has 9 heteroatoms. The van der Waals surface area contributed by atoms with E-state index in [9.17, 15) is 31.1 Å². The van der Waals surface area contributed by atoms with E-state index in [4.69, 9.17) is 0 Å². The molecule has 90 valence electrons. The lowest BCUT2D eigenvalue weighted by atomic mass is 10.3. The van der Waals surface area contributed by atoms with Gasteiger partial charge in [-0.25, -0.2) is 13.2 Å². The molecule has 0 atom stereocenters. The molecule has 0 unspecified atom stereocenters. The van der Waals surface area contributed by atoms with Gasteiger partial charge in [-0.3, -0.25) is 9.78 Å². The molecule has 1 aromatic heterocycles. The van der Waals surface area contributed by atoms with E-state index >= 15 is 0 Å². The van der Waals surface area contributed by atoms with E-state index in [1.165, 1.54) is 4.98 Å². The zero-order valence-electron chi connectivity index (χ0n) is 7.24. The minimum Gasteiger partial charge on any atom is -0.390 e. The van der Waals surface area contributed by atoms with Crippen molar-refractivity contribution in [1.82, 2.24) is 4.98 Å². The summed E-state index contributed by atoms with van der Waals surface area (Å²) in [6.45, 7) is 0. The molecule has 1 N–H and O–H groups in total. The topological polar surface area (TPSA) is 42.1 Å². The number of hydrogen-bond donors (Lipinski definition) is 1. The highest BCUT2D eigenvalue weighted by atomic mass is 19.4. The molecule has 0 aliphatic carbocycles.